The molecular weight excluding hydrogens is 234 g/mol. The molecule has 0 spiro atoms. The van der Waals surface area contributed by atoms with Gasteiger partial charge in [-0.15, -0.1) is 0 Å². The van der Waals surface area contributed by atoms with Gasteiger partial charge in [-0.3, -0.25) is 4.90 Å². The molecule has 0 aliphatic carbocycles. The fourth-order valence-electron chi connectivity index (χ4n) is 3.48. The summed E-state index contributed by atoms with van der Waals surface area (Å²) in [6, 6.07) is 7.49. The predicted octanol–water partition coefficient (Wildman–Crippen LogP) is 1.86. The fraction of sp³-hybridized carbons (Fsp3) is 0.625. The van der Waals surface area contributed by atoms with Crippen LogP contribution in [-0.4, -0.2) is 43.7 Å². The molecule has 3 nitrogen and oxygen atoms in total. The van der Waals surface area contributed by atoms with Crippen molar-refractivity contribution in [3.05, 3.63) is 29.3 Å². The van der Waals surface area contributed by atoms with Crippen LogP contribution in [0.5, 0.6) is 0 Å². The Hall–Kier alpha value is -1.06. The van der Waals surface area contributed by atoms with Crippen molar-refractivity contribution in [3.8, 4) is 0 Å². The predicted molar refractivity (Wildman–Crippen MR) is 80.8 cm³/mol. The maximum atomic E-state index is 3.51. The van der Waals surface area contributed by atoms with Gasteiger partial charge in [-0.05, 0) is 43.6 Å². The highest BCUT2D eigenvalue weighted by molar-refractivity contribution is 5.58. The highest BCUT2D eigenvalue weighted by Crippen LogP contribution is 2.28. The van der Waals surface area contributed by atoms with Crippen LogP contribution in [0.25, 0.3) is 0 Å². The topological polar surface area (TPSA) is 18.5 Å². The molecular formula is C16H25N3. The third-order valence-corrected chi connectivity index (χ3v) is 4.63. The van der Waals surface area contributed by atoms with Gasteiger partial charge >= 0.3 is 0 Å². The molecule has 1 aromatic carbocycles. The normalized spacial score (nSPS) is 24.3. The number of benzene rings is 1. The number of piperazine rings is 1. The lowest BCUT2D eigenvalue weighted by molar-refractivity contribution is 0.199. The first-order valence-corrected chi connectivity index (χ1v) is 7.60. The van der Waals surface area contributed by atoms with Crippen LogP contribution in [0.2, 0.25) is 0 Å². The van der Waals surface area contributed by atoms with E-state index in [-0.39, 0.29) is 0 Å². The van der Waals surface area contributed by atoms with E-state index in [1.807, 2.05) is 0 Å². The molecule has 2 heterocycles. The number of nitrogens with one attached hydrogen (secondary N) is 1. The Morgan fingerprint density at radius 2 is 2.21 bits per heavy atom. The molecule has 0 saturated carbocycles. The molecule has 2 aliphatic rings. The third-order valence-electron chi connectivity index (χ3n) is 4.63. The molecule has 1 N–H and O–H groups in total. The van der Waals surface area contributed by atoms with Gasteiger partial charge in [0.15, 0.2) is 0 Å². The summed E-state index contributed by atoms with van der Waals surface area (Å²) in [5.41, 5.74) is 4.54. The van der Waals surface area contributed by atoms with Gasteiger partial charge < -0.3 is 10.2 Å². The van der Waals surface area contributed by atoms with Crippen LogP contribution in [0, 0.1) is 0 Å². The van der Waals surface area contributed by atoms with Gasteiger partial charge in [0.05, 0.1) is 0 Å². The maximum absolute atomic E-state index is 3.51. The Labute approximate surface area is 116 Å². The van der Waals surface area contributed by atoms with Crippen molar-refractivity contribution in [2.75, 3.05) is 37.6 Å². The minimum atomic E-state index is 0.658. The minimum Gasteiger partial charge on any atom is -0.368 e. The molecule has 1 fully saturated rings. The average molecular weight is 259 g/mol. The van der Waals surface area contributed by atoms with Gasteiger partial charge in [-0.1, -0.05) is 19.1 Å². The Kier molecular flexibility index (Phi) is 3.76. The van der Waals surface area contributed by atoms with Crippen LogP contribution in [0.1, 0.15) is 25.0 Å². The average Bonchev–Trinajstić information content (AvgIpc) is 2.46. The first-order valence-electron chi connectivity index (χ1n) is 7.60. The van der Waals surface area contributed by atoms with Gasteiger partial charge in [-0.25, -0.2) is 0 Å². The van der Waals surface area contributed by atoms with Crippen molar-refractivity contribution < 1.29 is 0 Å². The molecule has 0 aromatic heterocycles. The van der Waals surface area contributed by atoms with Gasteiger partial charge in [0, 0.05) is 37.9 Å². The first kappa shape index (κ1) is 12.9. The van der Waals surface area contributed by atoms with Crippen molar-refractivity contribution >= 4 is 5.69 Å². The van der Waals surface area contributed by atoms with Crippen LogP contribution in [0.4, 0.5) is 5.69 Å². The second-order valence-electron chi connectivity index (χ2n) is 5.77. The summed E-state index contributed by atoms with van der Waals surface area (Å²) < 4.78 is 0. The molecule has 3 rings (SSSR count). The van der Waals surface area contributed by atoms with E-state index >= 15 is 0 Å². The van der Waals surface area contributed by atoms with E-state index in [2.05, 4.69) is 47.2 Å². The minimum absolute atomic E-state index is 0.658. The van der Waals surface area contributed by atoms with E-state index < -0.39 is 0 Å². The molecule has 19 heavy (non-hydrogen) atoms. The van der Waals surface area contributed by atoms with Crippen LogP contribution in [0.15, 0.2) is 18.2 Å². The van der Waals surface area contributed by atoms with E-state index in [4.69, 9.17) is 0 Å². The first-order chi connectivity index (χ1) is 9.29. The van der Waals surface area contributed by atoms with Crippen LogP contribution in [0.3, 0.4) is 0 Å². The second kappa shape index (κ2) is 5.51. The molecule has 1 atom stereocenters. The summed E-state index contributed by atoms with van der Waals surface area (Å²) in [5, 5.41) is 3.51. The zero-order chi connectivity index (χ0) is 13.2. The smallest absolute Gasteiger partial charge is 0.0415 e. The Bertz CT molecular complexity index is 444. The number of fused-ring (bicyclic) bond motifs is 1. The Balaban J connectivity index is 1.83. The highest BCUT2D eigenvalue weighted by atomic mass is 15.3. The summed E-state index contributed by atoms with van der Waals surface area (Å²) in [7, 11) is 0. The van der Waals surface area contributed by atoms with Crippen molar-refractivity contribution in [2.45, 2.75) is 32.9 Å². The Morgan fingerprint density at radius 1 is 1.32 bits per heavy atom. The number of nitrogens with zero attached hydrogens (tertiary/aromatic N) is 2. The standard InChI is InChI=1S/C16H25N3/c1-3-18-9-10-19(12-13(18)2)16-6-4-5-14-7-8-17-11-15(14)16/h4-6,13,17H,3,7-12H2,1-2H3. The summed E-state index contributed by atoms with van der Waals surface area (Å²) in [6.45, 7) is 11.4. The SMILES string of the molecule is CCN1CCN(c2cccc3c2CNCC3)CC1C. The van der Waals surface area contributed by atoms with Crippen molar-refractivity contribution in [1.82, 2.24) is 10.2 Å². The fourth-order valence-corrected chi connectivity index (χ4v) is 3.48. The third kappa shape index (κ3) is 2.49. The lowest BCUT2D eigenvalue weighted by Crippen LogP contribution is -2.52. The molecule has 1 unspecified atom stereocenters. The van der Waals surface area contributed by atoms with Crippen molar-refractivity contribution in [3.63, 3.8) is 0 Å². The largest absolute Gasteiger partial charge is 0.368 e. The molecule has 1 saturated heterocycles. The lowest BCUT2D eigenvalue weighted by Gasteiger charge is -2.41. The van der Waals surface area contributed by atoms with Gasteiger partial charge in [0.25, 0.3) is 0 Å². The quantitative estimate of drug-likeness (QED) is 0.874. The van der Waals surface area contributed by atoms with E-state index in [0.29, 0.717) is 6.04 Å². The number of likely N-dealkylation sites (N-methyl/N-ethyl adjacent to an activating group) is 1. The van der Waals surface area contributed by atoms with Gasteiger partial charge in [0.2, 0.25) is 0 Å². The van der Waals surface area contributed by atoms with E-state index in [1.54, 1.807) is 5.56 Å². The zero-order valence-electron chi connectivity index (χ0n) is 12.2. The van der Waals surface area contributed by atoms with Crippen LogP contribution < -0.4 is 10.2 Å². The maximum Gasteiger partial charge on any atom is 0.0415 e. The lowest BCUT2D eigenvalue weighted by atomic mass is 9.98. The molecule has 0 radical (unpaired) electrons. The zero-order valence-corrected chi connectivity index (χ0v) is 12.2. The molecule has 0 bridgehead atoms. The Morgan fingerprint density at radius 3 is 3.00 bits per heavy atom. The molecule has 3 heteroatoms. The molecule has 2 aliphatic heterocycles. The van der Waals surface area contributed by atoms with Gasteiger partial charge in [0.1, 0.15) is 0 Å². The highest BCUT2D eigenvalue weighted by Gasteiger charge is 2.25. The van der Waals surface area contributed by atoms with E-state index in [0.717, 1.165) is 26.2 Å². The number of hydrogen-bond acceptors (Lipinski definition) is 3. The molecule has 1 aromatic rings. The van der Waals surface area contributed by atoms with Crippen molar-refractivity contribution in [2.24, 2.45) is 0 Å². The van der Waals surface area contributed by atoms with Gasteiger partial charge in [-0.2, -0.15) is 0 Å². The van der Waals surface area contributed by atoms with Crippen LogP contribution >= 0.6 is 0 Å². The number of anilines is 1. The van der Waals surface area contributed by atoms with Crippen LogP contribution in [-0.2, 0) is 13.0 Å². The van der Waals surface area contributed by atoms with E-state index in [1.165, 1.54) is 30.8 Å². The summed E-state index contributed by atoms with van der Waals surface area (Å²) >= 11 is 0. The summed E-state index contributed by atoms with van der Waals surface area (Å²) in [4.78, 5) is 5.16. The number of rotatable bonds is 2. The van der Waals surface area contributed by atoms with E-state index in [9.17, 15) is 0 Å². The number of hydrogen-bond donors (Lipinski definition) is 1. The molecule has 0 amide bonds. The monoisotopic (exact) mass is 259 g/mol. The summed E-state index contributed by atoms with van der Waals surface area (Å²) in [5.74, 6) is 0. The molecule has 104 valence electrons. The van der Waals surface area contributed by atoms with Crippen molar-refractivity contribution in [1.29, 1.82) is 0 Å². The second-order valence-corrected chi connectivity index (χ2v) is 5.77. The summed E-state index contributed by atoms with van der Waals surface area (Å²) in [6.07, 6.45) is 1.17.